The molecule has 1 aliphatic heterocycles. The first-order chi connectivity index (χ1) is 12.1. The maximum atomic E-state index is 12.5. The molecule has 1 saturated heterocycles. The van der Waals surface area contributed by atoms with Gasteiger partial charge in [-0.25, -0.2) is 0 Å². The zero-order valence-corrected chi connectivity index (χ0v) is 14.5. The summed E-state index contributed by atoms with van der Waals surface area (Å²) in [7, 11) is 0. The molecule has 7 nitrogen and oxygen atoms in total. The number of carbonyl (C=O) groups is 2. The third-order valence-electron chi connectivity index (χ3n) is 4.32. The van der Waals surface area contributed by atoms with Crippen molar-refractivity contribution in [2.45, 2.75) is 38.3 Å². The van der Waals surface area contributed by atoms with E-state index >= 15 is 0 Å². The van der Waals surface area contributed by atoms with Gasteiger partial charge in [-0.1, -0.05) is 12.1 Å². The van der Waals surface area contributed by atoms with Crippen molar-refractivity contribution < 1.29 is 9.59 Å². The Morgan fingerprint density at radius 3 is 2.92 bits per heavy atom. The van der Waals surface area contributed by atoms with E-state index in [4.69, 9.17) is 12.2 Å². The molecule has 1 fully saturated rings. The summed E-state index contributed by atoms with van der Waals surface area (Å²) in [5.41, 5.74) is 0.452. The van der Waals surface area contributed by atoms with Gasteiger partial charge in [0, 0.05) is 19.5 Å². The molecule has 8 heteroatoms. The monoisotopic (exact) mass is 360 g/mol. The van der Waals surface area contributed by atoms with Gasteiger partial charge in [0.05, 0.1) is 10.9 Å². The number of carbonyl (C=O) groups excluding carboxylic acids is 2. The van der Waals surface area contributed by atoms with Crippen LogP contribution in [-0.2, 0) is 16.1 Å². The van der Waals surface area contributed by atoms with Gasteiger partial charge in [-0.15, -0.1) is 0 Å². The predicted molar refractivity (Wildman–Crippen MR) is 96.8 cm³/mol. The number of hydrogen-bond donors (Lipinski definition) is 3. The van der Waals surface area contributed by atoms with Crippen molar-refractivity contribution in [3.05, 3.63) is 39.4 Å². The summed E-state index contributed by atoms with van der Waals surface area (Å²) < 4.78 is 1.66. The Labute approximate surface area is 149 Å². The van der Waals surface area contributed by atoms with Crippen molar-refractivity contribution in [1.82, 2.24) is 20.2 Å². The molecule has 0 spiro atoms. The summed E-state index contributed by atoms with van der Waals surface area (Å²) in [6.45, 7) is 0.812. The van der Waals surface area contributed by atoms with Gasteiger partial charge in [0.15, 0.2) is 4.77 Å². The molecule has 0 saturated carbocycles. The Kier molecular flexibility index (Phi) is 5.28. The van der Waals surface area contributed by atoms with Crippen LogP contribution in [0.4, 0.5) is 0 Å². The van der Waals surface area contributed by atoms with Gasteiger partial charge in [0.2, 0.25) is 11.8 Å². The number of nitrogens with zero attached hydrogens (tertiary/aromatic N) is 1. The smallest absolute Gasteiger partial charge is 0.262 e. The van der Waals surface area contributed by atoms with Gasteiger partial charge in [0.25, 0.3) is 5.56 Å². The van der Waals surface area contributed by atoms with E-state index in [1.54, 1.807) is 18.2 Å². The number of benzene rings is 1. The highest BCUT2D eigenvalue weighted by Crippen LogP contribution is 2.07. The fourth-order valence-electron chi connectivity index (χ4n) is 2.96. The Morgan fingerprint density at radius 1 is 1.28 bits per heavy atom. The van der Waals surface area contributed by atoms with Crippen LogP contribution >= 0.6 is 12.2 Å². The number of nitrogens with one attached hydrogen (secondary N) is 3. The van der Waals surface area contributed by atoms with Crippen LogP contribution in [0.5, 0.6) is 0 Å². The second kappa shape index (κ2) is 7.60. The standard InChI is InChI=1S/C17H20N4O3S/c22-14(19-13-7-3-4-9-18-15(13)23)8-10-21-16(24)11-5-1-2-6-12(11)20-17(21)25/h1-2,5-6,13H,3-4,7-10H2,(H,18,23)(H,19,22)(H,20,25). The highest BCUT2D eigenvalue weighted by Gasteiger charge is 2.22. The van der Waals surface area contributed by atoms with Gasteiger partial charge >= 0.3 is 0 Å². The molecule has 132 valence electrons. The van der Waals surface area contributed by atoms with Crippen molar-refractivity contribution in [2.24, 2.45) is 0 Å². The van der Waals surface area contributed by atoms with E-state index in [1.807, 2.05) is 6.07 Å². The van der Waals surface area contributed by atoms with Gasteiger partial charge in [-0.3, -0.25) is 19.0 Å². The van der Waals surface area contributed by atoms with Crippen LogP contribution in [0.2, 0.25) is 0 Å². The molecule has 2 heterocycles. The molecule has 1 aromatic heterocycles. The molecule has 3 rings (SSSR count). The van der Waals surface area contributed by atoms with Crippen LogP contribution in [-0.4, -0.2) is 34.0 Å². The second-order valence-electron chi connectivity index (χ2n) is 6.09. The van der Waals surface area contributed by atoms with Crippen LogP contribution in [0, 0.1) is 4.77 Å². The molecule has 25 heavy (non-hydrogen) atoms. The van der Waals surface area contributed by atoms with Crippen molar-refractivity contribution >= 4 is 34.9 Å². The van der Waals surface area contributed by atoms with Crippen LogP contribution < -0.4 is 16.2 Å². The molecule has 2 amide bonds. The maximum Gasteiger partial charge on any atom is 0.262 e. The van der Waals surface area contributed by atoms with Gasteiger partial charge in [0.1, 0.15) is 6.04 Å². The molecule has 1 aromatic carbocycles. The fraction of sp³-hybridized carbons (Fsp3) is 0.412. The summed E-state index contributed by atoms with van der Waals surface area (Å²) in [6, 6.07) is 6.60. The minimum absolute atomic E-state index is 0.0828. The topological polar surface area (TPSA) is 96.0 Å². The summed E-state index contributed by atoms with van der Waals surface area (Å²) in [5, 5.41) is 6.05. The minimum atomic E-state index is -0.502. The quantitative estimate of drug-likeness (QED) is 0.715. The normalized spacial score (nSPS) is 17.8. The average molecular weight is 360 g/mol. The number of hydrogen-bond acceptors (Lipinski definition) is 4. The van der Waals surface area contributed by atoms with Gasteiger partial charge in [-0.2, -0.15) is 0 Å². The van der Waals surface area contributed by atoms with E-state index < -0.39 is 6.04 Å². The molecule has 1 unspecified atom stereocenters. The highest BCUT2D eigenvalue weighted by atomic mass is 32.1. The van der Waals surface area contributed by atoms with Crippen molar-refractivity contribution in [3.8, 4) is 0 Å². The summed E-state index contributed by atoms with van der Waals surface area (Å²) >= 11 is 5.23. The molecule has 2 aromatic rings. The number of rotatable bonds is 4. The van der Waals surface area contributed by atoms with Crippen molar-refractivity contribution in [1.29, 1.82) is 0 Å². The predicted octanol–water partition coefficient (Wildman–Crippen LogP) is 1.23. The average Bonchev–Trinajstić information content (AvgIpc) is 2.79. The van der Waals surface area contributed by atoms with Crippen LogP contribution in [0.25, 0.3) is 10.9 Å². The molecular weight excluding hydrogens is 340 g/mol. The first-order valence-corrected chi connectivity index (χ1v) is 8.76. The molecule has 0 radical (unpaired) electrons. The Balaban J connectivity index is 1.70. The molecule has 0 bridgehead atoms. The first kappa shape index (κ1) is 17.3. The molecule has 3 N–H and O–H groups in total. The zero-order chi connectivity index (χ0) is 17.8. The number of fused-ring (bicyclic) bond motifs is 1. The number of H-pyrrole nitrogens is 1. The lowest BCUT2D eigenvalue weighted by molar-refractivity contribution is -0.128. The lowest BCUT2D eigenvalue weighted by Crippen LogP contribution is -2.45. The van der Waals surface area contributed by atoms with Gasteiger partial charge in [-0.05, 0) is 43.6 Å². The lowest BCUT2D eigenvalue weighted by atomic mass is 10.1. The minimum Gasteiger partial charge on any atom is -0.354 e. The lowest BCUT2D eigenvalue weighted by Gasteiger charge is -2.15. The number of aromatic amines is 1. The summed E-state index contributed by atoms with van der Waals surface area (Å²) in [5.74, 6) is -0.414. The highest BCUT2D eigenvalue weighted by molar-refractivity contribution is 7.71. The first-order valence-electron chi connectivity index (χ1n) is 8.35. The van der Waals surface area contributed by atoms with E-state index in [9.17, 15) is 14.4 Å². The Bertz CT molecular complexity index is 918. The van der Waals surface area contributed by atoms with E-state index in [1.165, 1.54) is 4.57 Å². The third-order valence-corrected chi connectivity index (χ3v) is 4.64. The Hall–Kier alpha value is -2.48. The number of para-hydroxylation sites is 1. The van der Waals surface area contributed by atoms with Crippen molar-refractivity contribution in [2.75, 3.05) is 6.54 Å². The Morgan fingerprint density at radius 2 is 2.08 bits per heavy atom. The summed E-state index contributed by atoms with van der Waals surface area (Å²) in [4.78, 5) is 39.6. The molecule has 1 atom stereocenters. The molecular formula is C17H20N4O3S. The van der Waals surface area contributed by atoms with E-state index in [2.05, 4.69) is 15.6 Å². The number of amides is 2. The summed E-state index contributed by atoms with van der Waals surface area (Å²) in [6.07, 6.45) is 2.52. The van der Waals surface area contributed by atoms with Crippen LogP contribution in [0.1, 0.15) is 25.7 Å². The second-order valence-corrected chi connectivity index (χ2v) is 6.48. The largest absolute Gasteiger partial charge is 0.354 e. The number of aromatic nitrogens is 2. The third kappa shape index (κ3) is 3.96. The van der Waals surface area contributed by atoms with Crippen LogP contribution in [0.15, 0.2) is 29.1 Å². The molecule has 1 aliphatic rings. The SMILES string of the molecule is O=C(CCn1c(=S)[nH]c2ccccc2c1=O)NC1CCCCNC1=O. The van der Waals surface area contributed by atoms with Crippen LogP contribution in [0.3, 0.4) is 0 Å². The maximum absolute atomic E-state index is 12.5. The van der Waals surface area contributed by atoms with E-state index in [0.717, 1.165) is 12.8 Å². The molecule has 0 aliphatic carbocycles. The van der Waals surface area contributed by atoms with Gasteiger partial charge < -0.3 is 15.6 Å². The van der Waals surface area contributed by atoms with Crippen molar-refractivity contribution in [3.63, 3.8) is 0 Å². The fourth-order valence-corrected chi connectivity index (χ4v) is 3.24. The van der Waals surface area contributed by atoms with E-state index in [0.29, 0.717) is 23.9 Å². The van der Waals surface area contributed by atoms with E-state index in [-0.39, 0.29) is 35.1 Å². The zero-order valence-electron chi connectivity index (χ0n) is 13.7.